The van der Waals surface area contributed by atoms with Crippen LogP contribution in [0.25, 0.3) is 0 Å². The first-order chi connectivity index (χ1) is 4.35. The van der Waals surface area contributed by atoms with Crippen molar-refractivity contribution in [1.29, 1.82) is 0 Å². The van der Waals surface area contributed by atoms with Gasteiger partial charge in [0.15, 0.2) is 0 Å². The largest absolute Gasteiger partial charge is 0.383 e. The lowest BCUT2D eigenvalue weighted by atomic mass is 10.5. The summed E-state index contributed by atoms with van der Waals surface area (Å²) >= 11 is 1.77. The van der Waals surface area contributed by atoms with Crippen molar-refractivity contribution in [2.24, 2.45) is 0 Å². The van der Waals surface area contributed by atoms with Gasteiger partial charge in [0.1, 0.15) is 0 Å². The second-order valence-corrected chi connectivity index (χ2v) is 2.91. The number of thioether (sulfide) groups is 1. The lowest BCUT2D eigenvalue weighted by Gasteiger charge is -2.10. The lowest BCUT2D eigenvalue weighted by Crippen LogP contribution is -2.16. The molecule has 0 aromatic heterocycles. The summed E-state index contributed by atoms with van der Waals surface area (Å²) < 4.78 is 9.89. The van der Waals surface area contributed by atoms with E-state index in [1.165, 1.54) is 0 Å². The summed E-state index contributed by atoms with van der Waals surface area (Å²) in [5.74, 6) is 0. The lowest BCUT2D eigenvalue weighted by molar-refractivity contribution is 0.144. The first-order valence-corrected chi connectivity index (χ1v) is 4.14. The van der Waals surface area contributed by atoms with Crippen LogP contribution < -0.4 is 0 Å². The summed E-state index contributed by atoms with van der Waals surface area (Å²) in [6.07, 6.45) is 2.06. The Kier molecular flexibility index (Phi) is 6.58. The normalized spacial score (nSPS) is 10.7. The van der Waals surface area contributed by atoms with Crippen molar-refractivity contribution in [3.8, 4) is 0 Å². The highest BCUT2D eigenvalue weighted by Crippen LogP contribution is 2.05. The number of hydrogen-bond donors (Lipinski definition) is 0. The zero-order valence-corrected chi connectivity index (χ0v) is 7.03. The van der Waals surface area contributed by atoms with E-state index in [0.717, 1.165) is 13.2 Å². The van der Waals surface area contributed by atoms with Crippen LogP contribution in [0.15, 0.2) is 0 Å². The highest BCUT2D eigenvalue weighted by molar-refractivity contribution is 7.99. The third kappa shape index (κ3) is 4.75. The molecule has 9 heavy (non-hydrogen) atoms. The molecule has 0 atom stereocenters. The van der Waals surface area contributed by atoms with E-state index < -0.39 is 0 Å². The van der Waals surface area contributed by atoms with Crippen molar-refractivity contribution < 1.29 is 9.47 Å². The van der Waals surface area contributed by atoms with Gasteiger partial charge in [-0.3, -0.25) is 0 Å². The Bertz CT molecular complexity index is 53.0. The number of methoxy groups -OCH3 is 2. The van der Waals surface area contributed by atoms with Gasteiger partial charge in [-0.2, -0.15) is 11.8 Å². The molecule has 3 heteroatoms. The van der Waals surface area contributed by atoms with Crippen LogP contribution in [0.4, 0.5) is 0 Å². The molecule has 0 aromatic rings. The highest BCUT2D eigenvalue weighted by atomic mass is 32.2. The minimum absolute atomic E-state index is 0.486. The van der Waals surface area contributed by atoms with Crippen molar-refractivity contribution in [3.05, 3.63) is 0 Å². The first-order valence-electron chi connectivity index (χ1n) is 2.85. The number of rotatable bonds is 5. The van der Waals surface area contributed by atoms with Crippen LogP contribution in [-0.4, -0.2) is 38.9 Å². The van der Waals surface area contributed by atoms with E-state index >= 15 is 0 Å². The van der Waals surface area contributed by atoms with Crippen LogP contribution in [0.3, 0.4) is 0 Å². The summed E-state index contributed by atoms with van der Waals surface area (Å²) in [5, 5.41) is 0.486. The van der Waals surface area contributed by atoms with Crippen LogP contribution in [0.5, 0.6) is 0 Å². The molecule has 0 saturated heterocycles. The van der Waals surface area contributed by atoms with Gasteiger partial charge in [-0.1, -0.05) is 0 Å². The first kappa shape index (κ1) is 9.27. The second kappa shape index (κ2) is 6.39. The molecule has 2 nitrogen and oxygen atoms in total. The van der Waals surface area contributed by atoms with Crippen LogP contribution in [0.2, 0.25) is 0 Å². The molecule has 0 bridgehead atoms. The Hall–Kier alpha value is 0.270. The molecule has 0 aliphatic rings. The van der Waals surface area contributed by atoms with E-state index in [0.29, 0.717) is 5.25 Å². The monoisotopic (exact) mass is 150 g/mol. The van der Waals surface area contributed by atoms with Gasteiger partial charge in [0.05, 0.1) is 18.5 Å². The molecule has 0 rings (SSSR count). The van der Waals surface area contributed by atoms with Gasteiger partial charge in [-0.15, -0.1) is 0 Å². The fraction of sp³-hybridized carbons (Fsp3) is 1.00. The second-order valence-electron chi connectivity index (χ2n) is 1.77. The summed E-state index contributed by atoms with van der Waals surface area (Å²) in [6, 6.07) is 0. The molecule has 0 aliphatic carbocycles. The smallest absolute Gasteiger partial charge is 0.0603 e. The van der Waals surface area contributed by atoms with Gasteiger partial charge in [0, 0.05) is 14.2 Å². The summed E-state index contributed by atoms with van der Waals surface area (Å²) in [7, 11) is 3.41. The van der Waals surface area contributed by atoms with Crippen molar-refractivity contribution >= 4 is 11.8 Å². The van der Waals surface area contributed by atoms with Crippen molar-refractivity contribution in [2.45, 2.75) is 5.25 Å². The molecule has 0 heterocycles. The molecule has 0 unspecified atom stereocenters. The van der Waals surface area contributed by atoms with E-state index in [1.54, 1.807) is 26.0 Å². The predicted molar refractivity (Wildman–Crippen MR) is 41.1 cm³/mol. The maximum absolute atomic E-state index is 4.95. The topological polar surface area (TPSA) is 18.5 Å². The fourth-order valence-corrected chi connectivity index (χ4v) is 1.10. The summed E-state index contributed by atoms with van der Waals surface area (Å²) in [6.45, 7) is 1.55. The van der Waals surface area contributed by atoms with Gasteiger partial charge in [-0.25, -0.2) is 0 Å². The van der Waals surface area contributed by atoms with Crippen LogP contribution >= 0.6 is 11.8 Å². The summed E-state index contributed by atoms with van der Waals surface area (Å²) in [5.41, 5.74) is 0. The Labute approximate surface area is 60.9 Å². The standard InChI is InChI=1S/C6H14O2S/c1-7-4-6(9-3)5-8-2/h6H,4-5H2,1-3H3. The van der Waals surface area contributed by atoms with Crippen LogP contribution in [0.1, 0.15) is 0 Å². The van der Waals surface area contributed by atoms with E-state index in [-0.39, 0.29) is 0 Å². The maximum Gasteiger partial charge on any atom is 0.0603 e. The average Bonchev–Trinajstić information content (AvgIpc) is 1.88. The van der Waals surface area contributed by atoms with Crippen molar-refractivity contribution in [2.75, 3.05) is 33.7 Å². The molecule has 0 radical (unpaired) electrons. The Balaban J connectivity index is 3.18. The highest BCUT2D eigenvalue weighted by Gasteiger charge is 2.03. The number of ether oxygens (including phenoxy) is 2. The van der Waals surface area contributed by atoms with Gasteiger partial charge in [0.2, 0.25) is 0 Å². The molecular weight excluding hydrogens is 136 g/mol. The molecule has 0 N–H and O–H groups in total. The fourth-order valence-electron chi connectivity index (χ4n) is 0.556. The maximum atomic E-state index is 4.95. The molecule has 56 valence electrons. The van der Waals surface area contributed by atoms with Gasteiger partial charge in [0.25, 0.3) is 0 Å². The quantitative estimate of drug-likeness (QED) is 0.583. The van der Waals surface area contributed by atoms with E-state index in [2.05, 4.69) is 6.26 Å². The van der Waals surface area contributed by atoms with Crippen molar-refractivity contribution in [1.82, 2.24) is 0 Å². The molecule has 0 spiro atoms. The van der Waals surface area contributed by atoms with Crippen molar-refractivity contribution in [3.63, 3.8) is 0 Å². The Morgan fingerprint density at radius 3 is 1.89 bits per heavy atom. The molecule has 0 saturated carbocycles. The SMILES string of the molecule is COCC(COC)SC. The zero-order chi connectivity index (χ0) is 7.11. The number of hydrogen-bond acceptors (Lipinski definition) is 3. The molecule has 0 amide bonds. The van der Waals surface area contributed by atoms with E-state index in [4.69, 9.17) is 9.47 Å². The Morgan fingerprint density at radius 2 is 1.67 bits per heavy atom. The zero-order valence-electron chi connectivity index (χ0n) is 6.22. The molecule has 0 aliphatic heterocycles. The molecular formula is C6H14O2S. The van der Waals surface area contributed by atoms with Gasteiger partial charge < -0.3 is 9.47 Å². The van der Waals surface area contributed by atoms with Gasteiger partial charge >= 0.3 is 0 Å². The molecule has 0 aromatic carbocycles. The van der Waals surface area contributed by atoms with E-state index in [1.807, 2.05) is 0 Å². The predicted octanol–water partition coefficient (Wildman–Crippen LogP) is 1.01. The minimum atomic E-state index is 0.486. The third-order valence-corrected chi connectivity index (χ3v) is 1.98. The average molecular weight is 150 g/mol. The third-order valence-electron chi connectivity index (χ3n) is 1.04. The van der Waals surface area contributed by atoms with Gasteiger partial charge in [-0.05, 0) is 6.26 Å². The van der Waals surface area contributed by atoms with Crippen LogP contribution in [-0.2, 0) is 9.47 Å². The van der Waals surface area contributed by atoms with E-state index in [9.17, 15) is 0 Å². The summed E-state index contributed by atoms with van der Waals surface area (Å²) in [4.78, 5) is 0. The Morgan fingerprint density at radius 1 is 1.22 bits per heavy atom. The van der Waals surface area contributed by atoms with Crippen LogP contribution in [0, 0.1) is 0 Å². The molecule has 0 fully saturated rings. The minimum Gasteiger partial charge on any atom is -0.383 e.